The lowest BCUT2D eigenvalue weighted by Gasteiger charge is -2.08. The van der Waals surface area contributed by atoms with Gasteiger partial charge in [0.1, 0.15) is 5.52 Å². The number of carbonyl (C=O) groups excluding carboxylic acids is 1. The molecule has 0 unspecified atom stereocenters. The first kappa shape index (κ1) is 12.0. The number of carbonyl (C=O) groups is 1. The van der Waals surface area contributed by atoms with Crippen molar-refractivity contribution in [2.75, 3.05) is 0 Å². The summed E-state index contributed by atoms with van der Waals surface area (Å²) >= 11 is 0. The van der Waals surface area contributed by atoms with Gasteiger partial charge in [-0.15, -0.1) is 0 Å². The summed E-state index contributed by atoms with van der Waals surface area (Å²) < 4.78 is 4.93. The van der Waals surface area contributed by atoms with Gasteiger partial charge in [0.05, 0.1) is 4.92 Å². The predicted octanol–water partition coefficient (Wildman–Crippen LogP) is 2.38. The molecule has 0 spiro atoms. The second-order valence-electron chi connectivity index (χ2n) is 3.79. The first-order valence-corrected chi connectivity index (χ1v) is 5.22. The Morgan fingerprint density at radius 1 is 1.50 bits per heavy atom. The van der Waals surface area contributed by atoms with Gasteiger partial charge in [-0.3, -0.25) is 19.9 Å². The van der Waals surface area contributed by atoms with E-state index in [2.05, 4.69) is 4.98 Å². The first-order chi connectivity index (χ1) is 8.50. The van der Waals surface area contributed by atoms with Crippen molar-refractivity contribution in [3.05, 3.63) is 40.1 Å². The predicted molar refractivity (Wildman–Crippen MR) is 64.4 cm³/mol. The Morgan fingerprint density at radius 2 is 2.22 bits per heavy atom. The van der Waals surface area contributed by atoms with Crippen molar-refractivity contribution >= 4 is 22.6 Å². The summed E-state index contributed by atoms with van der Waals surface area (Å²) in [5, 5.41) is 11.7. The molecule has 0 aliphatic rings. The van der Waals surface area contributed by atoms with E-state index in [1.807, 2.05) is 0 Å². The Kier molecular flexibility index (Phi) is 2.93. The number of hydrogen-bond acceptors (Lipinski definition) is 5. The van der Waals surface area contributed by atoms with Crippen molar-refractivity contribution in [1.82, 2.24) is 4.98 Å². The number of rotatable bonds is 2. The summed E-state index contributed by atoms with van der Waals surface area (Å²) in [4.78, 5) is 25.5. The van der Waals surface area contributed by atoms with Crippen LogP contribution < -0.4 is 4.74 Å². The van der Waals surface area contributed by atoms with Crippen LogP contribution in [-0.2, 0) is 4.79 Å². The molecule has 0 atom stereocenters. The van der Waals surface area contributed by atoms with Gasteiger partial charge in [-0.05, 0) is 18.6 Å². The van der Waals surface area contributed by atoms with E-state index < -0.39 is 10.9 Å². The number of fused-ring (bicyclic) bond motifs is 1. The van der Waals surface area contributed by atoms with E-state index in [-0.39, 0.29) is 11.4 Å². The van der Waals surface area contributed by atoms with Crippen LogP contribution in [-0.4, -0.2) is 15.9 Å². The lowest BCUT2D eigenvalue weighted by molar-refractivity contribution is -0.385. The van der Waals surface area contributed by atoms with Crippen molar-refractivity contribution < 1.29 is 14.5 Å². The molecule has 2 aromatic rings. The van der Waals surface area contributed by atoms with E-state index in [1.165, 1.54) is 19.2 Å². The maximum atomic E-state index is 11.0. The second-order valence-corrected chi connectivity index (χ2v) is 3.79. The fourth-order valence-corrected chi connectivity index (χ4v) is 1.75. The number of nitro benzene ring substituents is 1. The van der Waals surface area contributed by atoms with Gasteiger partial charge in [-0.2, -0.15) is 0 Å². The molecule has 0 N–H and O–H groups in total. The molecule has 2 rings (SSSR count). The number of aromatic nitrogens is 1. The van der Waals surface area contributed by atoms with Crippen LogP contribution >= 0.6 is 0 Å². The largest absolute Gasteiger partial charge is 0.417 e. The minimum atomic E-state index is -0.617. The maximum absolute atomic E-state index is 11.0. The molecule has 0 bridgehead atoms. The molecule has 6 nitrogen and oxygen atoms in total. The average molecular weight is 246 g/mol. The van der Waals surface area contributed by atoms with Gasteiger partial charge in [-0.1, -0.05) is 6.07 Å². The summed E-state index contributed by atoms with van der Waals surface area (Å²) in [5.41, 5.74) is 0.772. The Labute approximate surface area is 102 Å². The third-order valence-electron chi connectivity index (χ3n) is 2.48. The highest BCUT2D eigenvalue weighted by atomic mass is 16.6. The fourth-order valence-electron chi connectivity index (χ4n) is 1.75. The third kappa shape index (κ3) is 2.00. The number of pyridine rings is 1. The van der Waals surface area contributed by atoms with Crippen LogP contribution in [0.1, 0.15) is 12.5 Å². The Bertz CT molecular complexity index is 652. The van der Waals surface area contributed by atoms with Crippen LogP contribution in [0.2, 0.25) is 0 Å². The number of benzene rings is 1. The van der Waals surface area contributed by atoms with Gasteiger partial charge in [0, 0.05) is 24.6 Å². The Hall–Kier alpha value is -2.50. The number of nitro groups is 1. The van der Waals surface area contributed by atoms with E-state index in [9.17, 15) is 14.9 Å². The van der Waals surface area contributed by atoms with Crippen LogP contribution in [0.15, 0.2) is 24.4 Å². The molecule has 0 fully saturated rings. The summed E-state index contributed by atoms with van der Waals surface area (Å²) in [6.45, 7) is 2.94. The Balaban J connectivity index is 2.83. The third-order valence-corrected chi connectivity index (χ3v) is 2.48. The molecule has 0 radical (unpaired) electrons. The molecule has 0 aliphatic carbocycles. The van der Waals surface area contributed by atoms with Crippen LogP contribution in [0.4, 0.5) is 5.69 Å². The molecular weight excluding hydrogens is 236 g/mol. The van der Waals surface area contributed by atoms with E-state index in [4.69, 9.17) is 4.74 Å². The summed E-state index contributed by atoms with van der Waals surface area (Å²) in [5.74, 6) is -0.720. The van der Waals surface area contributed by atoms with Gasteiger partial charge in [0.15, 0.2) is 0 Å². The van der Waals surface area contributed by atoms with E-state index in [0.717, 1.165) is 5.39 Å². The van der Waals surface area contributed by atoms with Crippen LogP contribution in [0, 0.1) is 17.0 Å². The lowest BCUT2D eigenvalue weighted by atomic mass is 10.1. The SMILES string of the molecule is CC(=O)Oc1c([N+](=O)[O-])cc(C)c2cccnc12. The van der Waals surface area contributed by atoms with E-state index >= 15 is 0 Å². The summed E-state index contributed by atoms with van der Waals surface area (Å²) in [7, 11) is 0. The zero-order valence-electron chi connectivity index (χ0n) is 9.84. The van der Waals surface area contributed by atoms with Crippen molar-refractivity contribution in [2.45, 2.75) is 13.8 Å². The van der Waals surface area contributed by atoms with Gasteiger partial charge in [0.2, 0.25) is 5.75 Å². The quantitative estimate of drug-likeness (QED) is 0.351. The lowest BCUT2D eigenvalue weighted by Crippen LogP contribution is -2.05. The van der Waals surface area contributed by atoms with E-state index in [1.54, 1.807) is 19.1 Å². The molecule has 0 aliphatic heterocycles. The van der Waals surface area contributed by atoms with Gasteiger partial charge >= 0.3 is 11.7 Å². The number of hydrogen-bond donors (Lipinski definition) is 0. The minimum absolute atomic E-state index is 0.103. The van der Waals surface area contributed by atoms with Gasteiger partial charge < -0.3 is 4.74 Å². The zero-order chi connectivity index (χ0) is 13.3. The second kappa shape index (κ2) is 4.40. The highest BCUT2D eigenvalue weighted by Crippen LogP contribution is 2.36. The highest BCUT2D eigenvalue weighted by Gasteiger charge is 2.22. The van der Waals surface area contributed by atoms with Crippen LogP contribution in [0.25, 0.3) is 10.9 Å². The van der Waals surface area contributed by atoms with Gasteiger partial charge in [-0.25, -0.2) is 0 Å². The number of nitrogens with zero attached hydrogens (tertiary/aromatic N) is 2. The molecule has 1 heterocycles. The minimum Gasteiger partial charge on any atom is -0.417 e. The van der Waals surface area contributed by atoms with Crippen molar-refractivity contribution in [1.29, 1.82) is 0 Å². The number of aryl methyl sites for hydroxylation is 1. The van der Waals surface area contributed by atoms with Crippen LogP contribution in [0.5, 0.6) is 5.75 Å². The highest BCUT2D eigenvalue weighted by molar-refractivity contribution is 5.93. The van der Waals surface area contributed by atoms with Crippen molar-refractivity contribution in [3.8, 4) is 5.75 Å². The smallest absolute Gasteiger partial charge is 0.314 e. The average Bonchev–Trinajstić information content (AvgIpc) is 2.32. The monoisotopic (exact) mass is 246 g/mol. The molecule has 6 heteroatoms. The van der Waals surface area contributed by atoms with Crippen molar-refractivity contribution in [3.63, 3.8) is 0 Å². The van der Waals surface area contributed by atoms with Gasteiger partial charge in [0.25, 0.3) is 0 Å². The molecule has 92 valence electrons. The zero-order valence-corrected chi connectivity index (χ0v) is 9.84. The normalized spacial score (nSPS) is 10.3. The summed E-state index contributed by atoms with van der Waals surface area (Å²) in [6, 6.07) is 4.87. The molecule has 1 aromatic heterocycles. The standard InChI is InChI=1S/C12H10N2O4/c1-7-6-10(14(16)17)12(18-8(2)15)11-9(7)4-3-5-13-11/h3-6H,1-2H3. The van der Waals surface area contributed by atoms with Crippen LogP contribution in [0.3, 0.4) is 0 Å². The molecular formula is C12H10N2O4. The topological polar surface area (TPSA) is 82.3 Å². The molecule has 0 saturated heterocycles. The molecule has 0 amide bonds. The summed E-state index contributed by atoms with van der Waals surface area (Å²) in [6.07, 6.45) is 1.50. The molecule has 18 heavy (non-hydrogen) atoms. The fraction of sp³-hybridized carbons (Fsp3) is 0.167. The molecule has 0 saturated carbocycles. The molecule has 1 aromatic carbocycles. The first-order valence-electron chi connectivity index (χ1n) is 5.22. The van der Waals surface area contributed by atoms with Crippen molar-refractivity contribution in [2.24, 2.45) is 0 Å². The number of ether oxygens (including phenoxy) is 1. The van der Waals surface area contributed by atoms with E-state index in [0.29, 0.717) is 11.1 Å². The maximum Gasteiger partial charge on any atom is 0.314 e. The Morgan fingerprint density at radius 3 is 2.83 bits per heavy atom. The number of esters is 1.